The summed E-state index contributed by atoms with van der Waals surface area (Å²) in [5.74, 6) is 2.59. The van der Waals surface area contributed by atoms with Crippen molar-refractivity contribution in [2.75, 3.05) is 25.0 Å². The Morgan fingerprint density at radius 1 is 1.47 bits per heavy atom. The van der Waals surface area contributed by atoms with Crippen LogP contribution in [0.4, 0.5) is 5.95 Å². The van der Waals surface area contributed by atoms with Gasteiger partial charge in [-0.25, -0.2) is 4.68 Å². The molecule has 0 saturated carbocycles. The standard InChI is InChI=1S/C10H17N5/c1-2-9-13-10-12-6-7-5-11-4-3-8(7)15(10)14-9/h7-8,11H,2-6H2,1H3,(H,12,13,14). The summed E-state index contributed by atoms with van der Waals surface area (Å²) in [4.78, 5) is 4.48. The first-order valence-electron chi connectivity index (χ1n) is 5.78. The van der Waals surface area contributed by atoms with E-state index in [1.165, 1.54) is 6.42 Å². The lowest BCUT2D eigenvalue weighted by Gasteiger charge is -2.36. The third-order valence-electron chi connectivity index (χ3n) is 3.40. The van der Waals surface area contributed by atoms with Gasteiger partial charge in [0.2, 0.25) is 5.95 Å². The highest BCUT2D eigenvalue weighted by molar-refractivity contribution is 5.29. The van der Waals surface area contributed by atoms with E-state index in [9.17, 15) is 0 Å². The van der Waals surface area contributed by atoms with Gasteiger partial charge in [-0.05, 0) is 13.0 Å². The summed E-state index contributed by atoms with van der Waals surface area (Å²) in [6.45, 7) is 5.32. The molecule has 0 bridgehead atoms. The fourth-order valence-corrected chi connectivity index (χ4v) is 2.53. The summed E-state index contributed by atoms with van der Waals surface area (Å²) >= 11 is 0. The Balaban J connectivity index is 1.95. The van der Waals surface area contributed by atoms with E-state index in [4.69, 9.17) is 0 Å². The number of aromatic nitrogens is 3. The van der Waals surface area contributed by atoms with Crippen LogP contribution >= 0.6 is 0 Å². The Morgan fingerprint density at radius 2 is 2.40 bits per heavy atom. The third-order valence-corrected chi connectivity index (χ3v) is 3.40. The number of piperidine rings is 1. The lowest BCUT2D eigenvalue weighted by Crippen LogP contribution is -2.44. The van der Waals surface area contributed by atoms with Gasteiger partial charge in [0.1, 0.15) is 0 Å². The van der Waals surface area contributed by atoms with Crippen LogP contribution in [-0.2, 0) is 6.42 Å². The fraction of sp³-hybridized carbons (Fsp3) is 0.800. The van der Waals surface area contributed by atoms with E-state index in [0.717, 1.165) is 37.8 Å². The number of hydrogen-bond acceptors (Lipinski definition) is 4. The molecule has 0 spiro atoms. The van der Waals surface area contributed by atoms with Gasteiger partial charge in [-0.3, -0.25) is 0 Å². The molecular weight excluding hydrogens is 190 g/mol. The zero-order valence-corrected chi connectivity index (χ0v) is 9.03. The van der Waals surface area contributed by atoms with Crippen molar-refractivity contribution in [2.45, 2.75) is 25.8 Å². The minimum Gasteiger partial charge on any atom is -0.354 e. The number of nitrogens with zero attached hydrogens (tertiary/aromatic N) is 3. The van der Waals surface area contributed by atoms with Gasteiger partial charge < -0.3 is 10.6 Å². The molecular formula is C10H17N5. The van der Waals surface area contributed by atoms with E-state index >= 15 is 0 Å². The number of nitrogens with one attached hydrogen (secondary N) is 2. The van der Waals surface area contributed by atoms with Gasteiger partial charge in [0.05, 0.1) is 6.04 Å². The second-order valence-electron chi connectivity index (χ2n) is 4.35. The molecule has 0 aromatic carbocycles. The highest BCUT2D eigenvalue weighted by Gasteiger charge is 2.33. The first-order chi connectivity index (χ1) is 7.38. The number of anilines is 1. The first-order valence-corrected chi connectivity index (χ1v) is 5.78. The molecule has 15 heavy (non-hydrogen) atoms. The van der Waals surface area contributed by atoms with Crippen LogP contribution in [0.2, 0.25) is 0 Å². The van der Waals surface area contributed by atoms with E-state index in [-0.39, 0.29) is 0 Å². The van der Waals surface area contributed by atoms with Crippen LogP contribution in [0.25, 0.3) is 0 Å². The average molecular weight is 207 g/mol. The molecule has 2 N–H and O–H groups in total. The molecule has 0 aliphatic carbocycles. The largest absolute Gasteiger partial charge is 0.354 e. The van der Waals surface area contributed by atoms with E-state index < -0.39 is 0 Å². The van der Waals surface area contributed by atoms with Crippen LogP contribution in [0.1, 0.15) is 25.2 Å². The van der Waals surface area contributed by atoms with Crippen LogP contribution in [0.3, 0.4) is 0 Å². The second kappa shape index (κ2) is 3.48. The molecule has 0 amide bonds. The molecule has 5 heteroatoms. The molecule has 2 aliphatic heterocycles. The third kappa shape index (κ3) is 1.42. The molecule has 1 aromatic rings. The van der Waals surface area contributed by atoms with Crippen molar-refractivity contribution in [1.29, 1.82) is 0 Å². The summed E-state index contributed by atoms with van der Waals surface area (Å²) in [5.41, 5.74) is 0. The quantitative estimate of drug-likeness (QED) is 0.700. The van der Waals surface area contributed by atoms with Crippen molar-refractivity contribution < 1.29 is 0 Å². The lowest BCUT2D eigenvalue weighted by atomic mass is 9.92. The summed E-state index contributed by atoms with van der Waals surface area (Å²) in [6.07, 6.45) is 2.09. The van der Waals surface area contributed by atoms with Gasteiger partial charge in [-0.1, -0.05) is 6.92 Å². The number of rotatable bonds is 1. The molecule has 3 rings (SSSR count). The Morgan fingerprint density at radius 3 is 3.27 bits per heavy atom. The lowest BCUT2D eigenvalue weighted by molar-refractivity contribution is 0.236. The molecule has 1 aromatic heterocycles. The van der Waals surface area contributed by atoms with Crippen molar-refractivity contribution in [3.8, 4) is 0 Å². The molecule has 3 heterocycles. The molecule has 1 fully saturated rings. The molecule has 2 atom stereocenters. The van der Waals surface area contributed by atoms with E-state index in [2.05, 4.69) is 32.3 Å². The van der Waals surface area contributed by atoms with Gasteiger partial charge >= 0.3 is 0 Å². The zero-order chi connectivity index (χ0) is 10.3. The Labute approximate surface area is 89.3 Å². The second-order valence-corrected chi connectivity index (χ2v) is 4.35. The molecule has 82 valence electrons. The normalized spacial score (nSPS) is 29.1. The van der Waals surface area contributed by atoms with Gasteiger partial charge in [0.15, 0.2) is 5.82 Å². The molecule has 2 aliphatic rings. The predicted octanol–water partition coefficient (Wildman–Crippen LogP) is 0.417. The maximum Gasteiger partial charge on any atom is 0.221 e. The Hall–Kier alpha value is -1.10. The summed E-state index contributed by atoms with van der Waals surface area (Å²) in [7, 11) is 0. The van der Waals surface area contributed by atoms with Crippen molar-refractivity contribution in [2.24, 2.45) is 5.92 Å². The van der Waals surface area contributed by atoms with Crippen molar-refractivity contribution in [3.05, 3.63) is 5.82 Å². The van der Waals surface area contributed by atoms with E-state index in [0.29, 0.717) is 12.0 Å². The maximum absolute atomic E-state index is 4.57. The predicted molar refractivity (Wildman–Crippen MR) is 57.9 cm³/mol. The average Bonchev–Trinajstić information content (AvgIpc) is 2.72. The Bertz CT molecular complexity index is 359. The summed E-state index contributed by atoms with van der Waals surface area (Å²) < 4.78 is 2.10. The van der Waals surface area contributed by atoms with Crippen LogP contribution in [0.15, 0.2) is 0 Å². The first kappa shape index (κ1) is 9.15. The number of aryl methyl sites for hydroxylation is 1. The van der Waals surface area contributed by atoms with Crippen LogP contribution in [0, 0.1) is 5.92 Å². The van der Waals surface area contributed by atoms with E-state index in [1.54, 1.807) is 0 Å². The zero-order valence-electron chi connectivity index (χ0n) is 9.03. The van der Waals surface area contributed by atoms with Crippen LogP contribution < -0.4 is 10.6 Å². The van der Waals surface area contributed by atoms with Crippen molar-refractivity contribution in [1.82, 2.24) is 20.1 Å². The molecule has 0 radical (unpaired) electrons. The highest BCUT2D eigenvalue weighted by atomic mass is 15.4. The van der Waals surface area contributed by atoms with Gasteiger partial charge in [0, 0.05) is 25.4 Å². The SMILES string of the molecule is CCc1nc2n(n1)C1CCNCC1CN2. The fourth-order valence-electron chi connectivity index (χ4n) is 2.53. The summed E-state index contributed by atoms with van der Waals surface area (Å²) in [6, 6.07) is 0.551. The van der Waals surface area contributed by atoms with E-state index in [1.807, 2.05) is 0 Å². The summed E-state index contributed by atoms with van der Waals surface area (Å²) in [5, 5.41) is 11.4. The van der Waals surface area contributed by atoms with Crippen molar-refractivity contribution in [3.63, 3.8) is 0 Å². The van der Waals surface area contributed by atoms with Crippen LogP contribution in [-0.4, -0.2) is 34.4 Å². The minimum absolute atomic E-state index is 0.551. The van der Waals surface area contributed by atoms with Gasteiger partial charge in [-0.2, -0.15) is 10.1 Å². The smallest absolute Gasteiger partial charge is 0.221 e. The topological polar surface area (TPSA) is 54.8 Å². The number of fused-ring (bicyclic) bond motifs is 3. The maximum atomic E-state index is 4.57. The molecule has 5 nitrogen and oxygen atoms in total. The molecule has 1 saturated heterocycles. The van der Waals surface area contributed by atoms with Gasteiger partial charge in [-0.15, -0.1) is 0 Å². The van der Waals surface area contributed by atoms with Gasteiger partial charge in [0.25, 0.3) is 0 Å². The number of hydrogen-bond donors (Lipinski definition) is 2. The monoisotopic (exact) mass is 207 g/mol. The highest BCUT2D eigenvalue weighted by Crippen LogP contribution is 2.30. The molecule has 2 unspecified atom stereocenters. The minimum atomic E-state index is 0.551. The van der Waals surface area contributed by atoms with Crippen molar-refractivity contribution >= 4 is 5.95 Å². The Kier molecular flexibility index (Phi) is 2.12. The van der Waals surface area contributed by atoms with Crippen LogP contribution in [0.5, 0.6) is 0 Å².